The molecule has 120 valence electrons. The molecule has 0 amide bonds. The van der Waals surface area contributed by atoms with Crippen molar-refractivity contribution < 1.29 is 14.4 Å². The van der Waals surface area contributed by atoms with Crippen molar-refractivity contribution in [2.45, 2.75) is 19.9 Å². The standard InChI is InChI=1S/C19H21NO3/c1-3-22-18(21)19(2)14-23-20(16-12-8-5-9-13-16)17(19)15-10-6-4-7-11-15/h4-13,17H,3,14H2,1-2H3/t17-,19+/m0/s1. The van der Waals surface area contributed by atoms with Gasteiger partial charge in [0, 0.05) is 0 Å². The average molecular weight is 311 g/mol. The Morgan fingerprint density at radius 3 is 2.39 bits per heavy atom. The van der Waals surface area contributed by atoms with Crippen LogP contribution in [-0.2, 0) is 14.4 Å². The summed E-state index contributed by atoms with van der Waals surface area (Å²) in [7, 11) is 0. The van der Waals surface area contributed by atoms with Crippen molar-refractivity contribution in [1.29, 1.82) is 0 Å². The Balaban J connectivity index is 2.04. The highest BCUT2D eigenvalue weighted by molar-refractivity contribution is 5.79. The summed E-state index contributed by atoms with van der Waals surface area (Å²) >= 11 is 0. The molecule has 0 aromatic heterocycles. The molecule has 1 aliphatic rings. The quantitative estimate of drug-likeness (QED) is 0.806. The van der Waals surface area contributed by atoms with Gasteiger partial charge in [-0.1, -0.05) is 48.5 Å². The van der Waals surface area contributed by atoms with Gasteiger partial charge in [-0.3, -0.25) is 9.63 Å². The van der Waals surface area contributed by atoms with Crippen molar-refractivity contribution in [1.82, 2.24) is 0 Å². The molecule has 0 spiro atoms. The van der Waals surface area contributed by atoms with E-state index in [0.29, 0.717) is 13.2 Å². The molecule has 0 unspecified atom stereocenters. The van der Waals surface area contributed by atoms with Crippen LogP contribution in [0.2, 0.25) is 0 Å². The lowest BCUT2D eigenvalue weighted by Crippen LogP contribution is -2.38. The molecule has 0 N–H and O–H groups in total. The summed E-state index contributed by atoms with van der Waals surface area (Å²) in [5.41, 5.74) is 1.20. The van der Waals surface area contributed by atoms with Crippen molar-refractivity contribution >= 4 is 11.7 Å². The van der Waals surface area contributed by atoms with Crippen LogP contribution in [0, 0.1) is 5.41 Å². The Morgan fingerprint density at radius 2 is 1.78 bits per heavy atom. The van der Waals surface area contributed by atoms with Crippen LogP contribution in [0.4, 0.5) is 5.69 Å². The van der Waals surface area contributed by atoms with Gasteiger partial charge in [-0.25, -0.2) is 5.06 Å². The van der Waals surface area contributed by atoms with Gasteiger partial charge >= 0.3 is 5.97 Å². The minimum atomic E-state index is -0.757. The Hall–Kier alpha value is -2.33. The van der Waals surface area contributed by atoms with Gasteiger partial charge in [-0.2, -0.15) is 0 Å². The second-order valence-corrected chi connectivity index (χ2v) is 5.89. The van der Waals surface area contributed by atoms with Gasteiger partial charge in [0.25, 0.3) is 0 Å². The minimum Gasteiger partial charge on any atom is -0.465 e. The molecule has 1 heterocycles. The molecule has 4 heteroatoms. The fourth-order valence-corrected chi connectivity index (χ4v) is 3.02. The van der Waals surface area contributed by atoms with E-state index in [1.807, 2.05) is 79.6 Å². The lowest BCUT2D eigenvalue weighted by Gasteiger charge is -2.32. The number of hydroxylamine groups is 1. The first-order valence-electron chi connectivity index (χ1n) is 7.86. The maximum absolute atomic E-state index is 12.6. The zero-order valence-electron chi connectivity index (χ0n) is 13.4. The number of esters is 1. The summed E-state index contributed by atoms with van der Waals surface area (Å²) in [6, 6.07) is 19.6. The summed E-state index contributed by atoms with van der Waals surface area (Å²) in [5.74, 6) is -0.229. The number of nitrogens with zero attached hydrogens (tertiary/aromatic N) is 1. The van der Waals surface area contributed by atoms with Crippen LogP contribution in [-0.4, -0.2) is 19.2 Å². The normalized spacial score (nSPS) is 23.7. The van der Waals surface area contributed by atoms with Crippen molar-refractivity contribution in [3.63, 3.8) is 0 Å². The van der Waals surface area contributed by atoms with E-state index in [2.05, 4.69) is 0 Å². The molecule has 2 aromatic rings. The summed E-state index contributed by atoms with van der Waals surface area (Å²) in [4.78, 5) is 18.5. The topological polar surface area (TPSA) is 38.8 Å². The van der Waals surface area contributed by atoms with E-state index < -0.39 is 5.41 Å². The van der Waals surface area contributed by atoms with Crippen molar-refractivity contribution in [3.8, 4) is 0 Å². The number of carbonyl (C=O) groups excluding carboxylic acids is 1. The molecule has 0 saturated carbocycles. The molecular formula is C19H21NO3. The third-order valence-corrected chi connectivity index (χ3v) is 4.21. The van der Waals surface area contributed by atoms with Crippen LogP contribution in [0.3, 0.4) is 0 Å². The van der Waals surface area contributed by atoms with E-state index in [0.717, 1.165) is 11.3 Å². The molecule has 1 saturated heterocycles. The maximum atomic E-state index is 12.6. The van der Waals surface area contributed by atoms with Gasteiger partial charge in [0.15, 0.2) is 0 Å². The number of hydrogen-bond acceptors (Lipinski definition) is 4. The average Bonchev–Trinajstić information content (AvgIpc) is 2.95. The Kier molecular flexibility index (Phi) is 4.35. The molecule has 0 bridgehead atoms. The van der Waals surface area contributed by atoms with E-state index in [1.165, 1.54) is 0 Å². The largest absolute Gasteiger partial charge is 0.465 e. The smallest absolute Gasteiger partial charge is 0.316 e. The van der Waals surface area contributed by atoms with Gasteiger partial charge < -0.3 is 4.74 Å². The maximum Gasteiger partial charge on any atom is 0.316 e. The van der Waals surface area contributed by atoms with Crippen LogP contribution >= 0.6 is 0 Å². The molecule has 2 aromatic carbocycles. The predicted molar refractivity (Wildman–Crippen MR) is 88.8 cm³/mol. The summed E-state index contributed by atoms with van der Waals surface area (Å²) < 4.78 is 5.32. The highest BCUT2D eigenvalue weighted by atomic mass is 16.7. The summed E-state index contributed by atoms with van der Waals surface area (Å²) in [6.07, 6.45) is 0. The van der Waals surface area contributed by atoms with Crippen molar-refractivity contribution in [2.75, 3.05) is 18.3 Å². The van der Waals surface area contributed by atoms with Crippen LogP contribution in [0.1, 0.15) is 25.5 Å². The molecule has 0 radical (unpaired) electrons. The third kappa shape index (κ3) is 2.82. The van der Waals surface area contributed by atoms with E-state index in [-0.39, 0.29) is 12.0 Å². The second-order valence-electron chi connectivity index (χ2n) is 5.89. The third-order valence-electron chi connectivity index (χ3n) is 4.21. The fourth-order valence-electron chi connectivity index (χ4n) is 3.02. The molecular weight excluding hydrogens is 290 g/mol. The first-order chi connectivity index (χ1) is 11.2. The minimum absolute atomic E-state index is 0.229. The fraction of sp³-hybridized carbons (Fsp3) is 0.316. The van der Waals surface area contributed by atoms with Gasteiger partial charge in [0.2, 0.25) is 0 Å². The molecule has 2 atom stereocenters. The number of hydrogen-bond donors (Lipinski definition) is 0. The van der Waals surface area contributed by atoms with Crippen LogP contribution < -0.4 is 5.06 Å². The second kappa shape index (κ2) is 6.42. The number of rotatable bonds is 4. The van der Waals surface area contributed by atoms with E-state index in [9.17, 15) is 4.79 Å². The van der Waals surface area contributed by atoms with Gasteiger partial charge in [0.05, 0.1) is 24.9 Å². The SMILES string of the molecule is CCOC(=O)[C@]1(C)CON(c2ccccc2)[C@H]1c1ccccc1. The van der Waals surface area contributed by atoms with Crippen molar-refractivity contribution in [2.24, 2.45) is 5.41 Å². The first kappa shape index (κ1) is 15.6. The number of para-hydroxylation sites is 1. The predicted octanol–water partition coefficient (Wildman–Crippen LogP) is 3.75. The van der Waals surface area contributed by atoms with E-state index in [4.69, 9.17) is 9.57 Å². The Labute approximate surface area is 136 Å². The summed E-state index contributed by atoms with van der Waals surface area (Å²) in [5, 5.41) is 1.83. The van der Waals surface area contributed by atoms with E-state index in [1.54, 1.807) is 0 Å². The molecule has 1 fully saturated rings. The van der Waals surface area contributed by atoms with Crippen LogP contribution in [0.25, 0.3) is 0 Å². The summed E-state index contributed by atoms with van der Waals surface area (Å²) in [6.45, 7) is 4.39. The highest BCUT2D eigenvalue weighted by Crippen LogP contribution is 2.47. The lowest BCUT2D eigenvalue weighted by molar-refractivity contribution is -0.155. The van der Waals surface area contributed by atoms with Crippen molar-refractivity contribution in [3.05, 3.63) is 66.2 Å². The van der Waals surface area contributed by atoms with Gasteiger partial charge in [-0.05, 0) is 31.5 Å². The molecule has 0 aliphatic carbocycles. The van der Waals surface area contributed by atoms with Crippen LogP contribution in [0.5, 0.6) is 0 Å². The monoisotopic (exact) mass is 311 g/mol. The highest BCUT2D eigenvalue weighted by Gasteiger charge is 2.53. The Bertz CT molecular complexity index is 659. The molecule has 23 heavy (non-hydrogen) atoms. The molecule has 4 nitrogen and oxygen atoms in total. The first-order valence-corrected chi connectivity index (χ1v) is 7.86. The molecule has 3 rings (SSSR count). The van der Waals surface area contributed by atoms with Gasteiger partial charge in [-0.15, -0.1) is 0 Å². The number of anilines is 1. The number of ether oxygens (including phenoxy) is 1. The van der Waals surface area contributed by atoms with Gasteiger partial charge in [0.1, 0.15) is 5.41 Å². The zero-order chi connectivity index (χ0) is 16.3. The zero-order valence-corrected chi connectivity index (χ0v) is 13.4. The number of carbonyl (C=O) groups is 1. The van der Waals surface area contributed by atoms with Crippen LogP contribution in [0.15, 0.2) is 60.7 Å². The Morgan fingerprint density at radius 1 is 1.17 bits per heavy atom. The van der Waals surface area contributed by atoms with E-state index >= 15 is 0 Å². The molecule has 1 aliphatic heterocycles. The number of benzene rings is 2. The lowest BCUT2D eigenvalue weighted by atomic mass is 9.80.